The molecule has 1 heterocycles. The van der Waals surface area contributed by atoms with Gasteiger partial charge in [0.15, 0.2) is 0 Å². The lowest BCUT2D eigenvalue weighted by Gasteiger charge is -2.63. The van der Waals surface area contributed by atoms with Gasteiger partial charge in [-0.25, -0.2) is 18.1 Å². The Labute approximate surface area is 251 Å². The van der Waals surface area contributed by atoms with Gasteiger partial charge in [-0.1, -0.05) is 45.7 Å². The molecular weight excluding hydrogens is 560 g/mol. The molecule has 9 heteroatoms. The van der Waals surface area contributed by atoms with Crippen molar-refractivity contribution in [3.05, 3.63) is 22.8 Å². The number of amides is 1. The Morgan fingerprint density at radius 1 is 1.15 bits per heavy atom. The molecule has 10 atom stereocenters. The fraction of sp³-hybridized carbons (Fsp3) is 0.812. The highest BCUT2D eigenvalue weighted by Crippen LogP contribution is 2.69. The van der Waals surface area contributed by atoms with Gasteiger partial charge in [0.05, 0.1) is 24.5 Å². The number of fused-ring (bicyclic) bond motifs is 5. The van der Waals surface area contributed by atoms with Crippen LogP contribution in [0.1, 0.15) is 102 Å². The molecule has 5 rings (SSSR count). The number of pyridine rings is 1. The second-order valence-electron chi connectivity index (χ2n) is 14.4. The summed E-state index contributed by atoms with van der Waals surface area (Å²) in [5.41, 5.74) is 0.815. The number of rotatable bonds is 8. The Bertz CT molecular complexity index is 1240. The SMILES string of the molecule is CC[C@H]1C[C@@H]2[C@H](CC[C@]3(C)[C@@H]([C@H](C)CCOc4ncc(C(=O)NS(C)(=O)=O)cc4Cl)CC[C@@H]23)[C@@]2(C)CC[C@@H](O)C[C@@H]12. The van der Waals surface area contributed by atoms with E-state index in [2.05, 4.69) is 32.7 Å². The number of hydrogen-bond acceptors (Lipinski definition) is 6. The van der Waals surface area contributed by atoms with E-state index in [1.165, 1.54) is 57.2 Å². The second-order valence-corrected chi connectivity index (χ2v) is 16.5. The first-order valence-corrected chi connectivity index (χ1v) is 18.0. The van der Waals surface area contributed by atoms with Crippen molar-refractivity contribution in [2.75, 3.05) is 12.9 Å². The Balaban J connectivity index is 1.21. The molecule has 2 N–H and O–H groups in total. The molecule has 4 aliphatic rings. The average molecular weight is 609 g/mol. The van der Waals surface area contributed by atoms with Crippen molar-refractivity contribution in [3.63, 3.8) is 0 Å². The van der Waals surface area contributed by atoms with Crippen LogP contribution in [-0.4, -0.2) is 43.4 Å². The summed E-state index contributed by atoms with van der Waals surface area (Å²) in [5.74, 6) is 4.49. The third-order valence-corrected chi connectivity index (χ3v) is 13.1. The number of carbonyl (C=O) groups is 1. The first-order chi connectivity index (χ1) is 19.3. The van der Waals surface area contributed by atoms with Crippen molar-refractivity contribution in [2.24, 2.45) is 52.3 Å². The van der Waals surface area contributed by atoms with Crippen LogP contribution in [0.3, 0.4) is 0 Å². The van der Waals surface area contributed by atoms with Crippen molar-refractivity contribution in [3.8, 4) is 5.88 Å². The number of sulfonamides is 1. The molecule has 4 aliphatic carbocycles. The topological polar surface area (TPSA) is 106 Å². The molecule has 0 saturated heterocycles. The molecule has 4 fully saturated rings. The first kappa shape index (κ1) is 31.1. The highest BCUT2D eigenvalue weighted by atomic mass is 35.5. The zero-order valence-corrected chi connectivity index (χ0v) is 26.9. The second kappa shape index (κ2) is 11.6. The van der Waals surface area contributed by atoms with Crippen LogP contribution in [0, 0.1) is 52.3 Å². The molecule has 0 aliphatic heterocycles. The molecule has 1 aromatic heterocycles. The Morgan fingerprint density at radius 3 is 2.54 bits per heavy atom. The number of nitrogens with one attached hydrogen (secondary N) is 1. The normalized spacial score (nSPS) is 39.2. The standard InChI is InChI=1S/C32H49ClN2O5S/c1-6-20-15-23-25-8-7-24(31(25,3)13-10-26(23)32(4)12-9-22(36)17-27(20)32)19(2)11-14-40-30-28(33)16-21(18-34-30)29(37)35-41(5,38)39/h16,18-20,22-27,36H,6-15,17H2,1-5H3,(H,35,37)/t19-,20+,22-,23+,24-,25+,26+,27+,31-,32-/m1/s1. The fourth-order valence-corrected chi connectivity index (χ4v) is 11.0. The highest BCUT2D eigenvalue weighted by molar-refractivity contribution is 7.89. The molecular formula is C32H49ClN2O5S. The van der Waals surface area contributed by atoms with Crippen molar-refractivity contribution >= 4 is 27.5 Å². The number of carbonyl (C=O) groups excluding carboxylic acids is 1. The number of halogens is 1. The Hall–Kier alpha value is -1.38. The van der Waals surface area contributed by atoms with Gasteiger partial charge < -0.3 is 9.84 Å². The summed E-state index contributed by atoms with van der Waals surface area (Å²) in [7, 11) is -3.67. The maximum absolute atomic E-state index is 12.1. The Kier molecular flexibility index (Phi) is 8.79. The molecule has 0 radical (unpaired) electrons. The van der Waals surface area contributed by atoms with E-state index in [1.54, 1.807) is 0 Å². The molecule has 0 bridgehead atoms. The fourth-order valence-electron chi connectivity index (χ4n) is 10.3. The number of aliphatic hydroxyl groups is 1. The number of aromatic nitrogens is 1. The van der Waals surface area contributed by atoms with E-state index in [0.29, 0.717) is 35.2 Å². The minimum Gasteiger partial charge on any atom is -0.477 e. The van der Waals surface area contributed by atoms with Crippen molar-refractivity contribution in [2.45, 2.75) is 98.0 Å². The molecule has 7 nitrogen and oxygen atoms in total. The Morgan fingerprint density at radius 2 is 1.85 bits per heavy atom. The summed E-state index contributed by atoms with van der Waals surface area (Å²) in [4.78, 5) is 16.3. The van der Waals surface area contributed by atoms with E-state index < -0.39 is 15.9 Å². The zero-order valence-electron chi connectivity index (χ0n) is 25.4. The lowest BCUT2D eigenvalue weighted by atomic mass is 9.42. The maximum atomic E-state index is 12.1. The summed E-state index contributed by atoms with van der Waals surface area (Å²) in [5, 5.41) is 10.7. The van der Waals surface area contributed by atoms with Gasteiger partial charge in [-0.15, -0.1) is 0 Å². The van der Waals surface area contributed by atoms with Crippen LogP contribution in [0.2, 0.25) is 5.02 Å². The summed E-state index contributed by atoms with van der Waals surface area (Å²) in [6.07, 6.45) is 14.0. The summed E-state index contributed by atoms with van der Waals surface area (Å²) < 4.78 is 30.6. The largest absolute Gasteiger partial charge is 0.477 e. The van der Waals surface area contributed by atoms with E-state index in [4.69, 9.17) is 16.3 Å². The van der Waals surface area contributed by atoms with Crippen LogP contribution in [-0.2, 0) is 10.0 Å². The maximum Gasteiger partial charge on any atom is 0.266 e. The van der Waals surface area contributed by atoms with E-state index in [9.17, 15) is 18.3 Å². The molecule has 4 saturated carbocycles. The van der Waals surface area contributed by atoms with Gasteiger partial charge in [0, 0.05) is 6.20 Å². The lowest BCUT2D eigenvalue weighted by Crippen LogP contribution is -2.56. The minimum atomic E-state index is -3.67. The zero-order chi connectivity index (χ0) is 29.7. The summed E-state index contributed by atoms with van der Waals surface area (Å²) >= 11 is 6.33. The lowest BCUT2D eigenvalue weighted by molar-refractivity contribution is -0.152. The molecule has 0 spiro atoms. The van der Waals surface area contributed by atoms with Crippen LogP contribution >= 0.6 is 11.6 Å². The van der Waals surface area contributed by atoms with Gasteiger partial charge in [-0.05, 0) is 116 Å². The van der Waals surface area contributed by atoms with E-state index in [0.717, 1.165) is 49.2 Å². The van der Waals surface area contributed by atoms with Crippen LogP contribution < -0.4 is 9.46 Å². The smallest absolute Gasteiger partial charge is 0.266 e. The van der Waals surface area contributed by atoms with Gasteiger partial charge in [0.1, 0.15) is 5.02 Å². The highest BCUT2D eigenvalue weighted by Gasteiger charge is 2.62. The number of aliphatic hydroxyl groups excluding tert-OH is 1. The van der Waals surface area contributed by atoms with Crippen molar-refractivity contribution in [1.29, 1.82) is 0 Å². The molecule has 41 heavy (non-hydrogen) atoms. The van der Waals surface area contributed by atoms with E-state index in [-0.39, 0.29) is 22.6 Å². The van der Waals surface area contributed by atoms with Crippen molar-refractivity contribution < 1.29 is 23.1 Å². The van der Waals surface area contributed by atoms with Crippen LogP contribution in [0.4, 0.5) is 0 Å². The van der Waals surface area contributed by atoms with Gasteiger partial charge in [0.2, 0.25) is 15.9 Å². The average Bonchev–Trinajstić information content (AvgIpc) is 3.26. The molecule has 0 unspecified atom stereocenters. The molecule has 1 aromatic rings. The monoisotopic (exact) mass is 608 g/mol. The predicted octanol–water partition coefficient (Wildman–Crippen LogP) is 6.49. The quantitative estimate of drug-likeness (QED) is 0.350. The number of hydrogen-bond donors (Lipinski definition) is 2. The van der Waals surface area contributed by atoms with E-state index >= 15 is 0 Å². The van der Waals surface area contributed by atoms with Gasteiger partial charge in [-0.3, -0.25) is 4.79 Å². The van der Waals surface area contributed by atoms with Gasteiger partial charge in [0.25, 0.3) is 5.91 Å². The molecule has 230 valence electrons. The summed E-state index contributed by atoms with van der Waals surface area (Å²) in [6.45, 7) is 10.4. The number of ether oxygens (including phenoxy) is 1. The third kappa shape index (κ3) is 5.91. The van der Waals surface area contributed by atoms with Gasteiger partial charge >= 0.3 is 0 Å². The summed E-state index contributed by atoms with van der Waals surface area (Å²) in [6, 6.07) is 1.39. The molecule has 0 aromatic carbocycles. The van der Waals surface area contributed by atoms with Crippen LogP contribution in [0.15, 0.2) is 12.3 Å². The van der Waals surface area contributed by atoms with Gasteiger partial charge in [-0.2, -0.15) is 0 Å². The minimum absolute atomic E-state index is 0.0688. The first-order valence-electron chi connectivity index (χ1n) is 15.7. The third-order valence-electron chi connectivity index (χ3n) is 12.3. The van der Waals surface area contributed by atoms with Crippen LogP contribution in [0.5, 0.6) is 5.88 Å². The van der Waals surface area contributed by atoms with E-state index in [1.807, 2.05) is 4.72 Å². The number of nitrogens with zero attached hydrogens (tertiary/aromatic N) is 1. The molecule has 1 amide bonds. The predicted molar refractivity (Wildman–Crippen MR) is 161 cm³/mol. The van der Waals surface area contributed by atoms with Crippen LogP contribution in [0.25, 0.3) is 0 Å². The van der Waals surface area contributed by atoms with Crippen molar-refractivity contribution in [1.82, 2.24) is 9.71 Å².